The molecule has 1 aromatic heterocycles. The minimum Gasteiger partial charge on any atom is -0.365 e. The van der Waals surface area contributed by atoms with Gasteiger partial charge in [0.1, 0.15) is 5.00 Å². The fourth-order valence-corrected chi connectivity index (χ4v) is 4.46. The van der Waals surface area contributed by atoms with Crippen molar-refractivity contribution in [1.29, 1.82) is 0 Å². The predicted octanol–water partition coefficient (Wildman–Crippen LogP) is 3.48. The molecule has 4 N–H and O–H groups in total. The number of carbonyl (C=O) groups is 2. The number of hydrogen-bond donors (Lipinski definition) is 3. The van der Waals surface area contributed by atoms with Crippen molar-refractivity contribution in [1.82, 2.24) is 5.32 Å². The number of primary amides is 1. The summed E-state index contributed by atoms with van der Waals surface area (Å²) in [6.45, 7) is 0. The highest BCUT2D eigenvalue weighted by Gasteiger charge is 2.31. The summed E-state index contributed by atoms with van der Waals surface area (Å²) in [7, 11) is 0. The predicted molar refractivity (Wildman–Crippen MR) is 100.0 cm³/mol. The molecule has 2 amide bonds. The van der Waals surface area contributed by atoms with E-state index in [0.29, 0.717) is 10.6 Å². The van der Waals surface area contributed by atoms with Gasteiger partial charge < -0.3 is 11.1 Å². The van der Waals surface area contributed by atoms with Gasteiger partial charge in [0.15, 0.2) is 5.11 Å². The number of thiophene rings is 1. The summed E-state index contributed by atoms with van der Waals surface area (Å²) in [5, 5.41) is 5.39. The van der Waals surface area contributed by atoms with E-state index in [9.17, 15) is 22.8 Å². The van der Waals surface area contributed by atoms with Crippen LogP contribution in [-0.4, -0.2) is 16.9 Å². The maximum Gasteiger partial charge on any atom is 0.416 e. The van der Waals surface area contributed by atoms with Crippen molar-refractivity contribution in [3.63, 3.8) is 0 Å². The van der Waals surface area contributed by atoms with Crippen molar-refractivity contribution in [2.45, 2.75) is 25.4 Å². The lowest BCUT2D eigenvalue weighted by Crippen LogP contribution is -2.34. The van der Waals surface area contributed by atoms with Crippen LogP contribution in [0, 0.1) is 0 Å². The molecule has 1 heterocycles. The van der Waals surface area contributed by atoms with Crippen LogP contribution in [0.4, 0.5) is 18.2 Å². The summed E-state index contributed by atoms with van der Waals surface area (Å²) in [5.74, 6) is -1.38. The van der Waals surface area contributed by atoms with Crippen LogP contribution in [0.3, 0.4) is 0 Å². The molecule has 0 radical (unpaired) electrons. The molecule has 1 aliphatic rings. The van der Waals surface area contributed by atoms with Crippen molar-refractivity contribution in [3.8, 4) is 0 Å². The van der Waals surface area contributed by atoms with Gasteiger partial charge in [-0.15, -0.1) is 11.3 Å². The maximum atomic E-state index is 12.8. The summed E-state index contributed by atoms with van der Waals surface area (Å²) < 4.78 is 38.3. The number of amides is 2. The van der Waals surface area contributed by atoms with Crippen LogP contribution in [0.5, 0.6) is 0 Å². The SMILES string of the molecule is NC(=O)c1c(NC(=S)NC(=O)c2cccc(C(F)(F)F)c2)sc2c1CCC2. The number of nitrogens with one attached hydrogen (secondary N) is 2. The van der Waals surface area contributed by atoms with Crippen LogP contribution in [0.15, 0.2) is 24.3 Å². The van der Waals surface area contributed by atoms with Crippen molar-refractivity contribution in [2.24, 2.45) is 5.73 Å². The zero-order valence-electron chi connectivity index (χ0n) is 13.8. The highest BCUT2D eigenvalue weighted by Crippen LogP contribution is 2.38. The first-order valence-electron chi connectivity index (χ1n) is 7.90. The molecular formula is C17H14F3N3O2S2. The van der Waals surface area contributed by atoms with Crippen molar-refractivity contribution < 1.29 is 22.8 Å². The van der Waals surface area contributed by atoms with E-state index in [2.05, 4.69) is 10.6 Å². The van der Waals surface area contributed by atoms with Gasteiger partial charge in [0.2, 0.25) is 0 Å². The topological polar surface area (TPSA) is 84.2 Å². The Morgan fingerprint density at radius 1 is 1.22 bits per heavy atom. The van der Waals surface area contributed by atoms with Gasteiger partial charge in [-0.1, -0.05) is 6.07 Å². The molecule has 0 saturated heterocycles. The molecule has 5 nitrogen and oxygen atoms in total. The van der Waals surface area contributed by atoms with Crippen molar-refractivity contribution in [3.05, 3.63) is 51.4 Å². The van der Waals surface area contributed by atoms with E-state index in [-0.39, 0.29) is 10.7 Å². The Balaban J connectivity index is 1.74. The second-order valence-corrected chi connectivity index (χ2v) is 7.43. The zero-order valence-corrected chi connectivity index (χ0v) is 15.4. The minimum atomic E-state index is -4.55. The van der Waals surface area contributed by atoms with E-state index in [4.69, 9.17) is 18.0 Å². The highest BCUT2D eigenvalue weighted by molar-refractivity contribution is 7.80. The first-order valence-corrected chi connectivity index (χ1v) is 9.13. The smallest absolute Gasteiger partial charge is 0.365 e. The number of fused-ring (bicyclic) bond motifs is 1. The van der Waals surface area contributed by atoms with Crippen LogP contribution in [0.25, 0.3) is 0 Å². The molecule has 1 aliphatic carbocycles. The van der Waals surface area contributed by atoms with E-state index in [1.54, 1.807) is 0 Å². The largest absolute Gasteiger partial charge is 0.416 e. The van der Waals surface area contributed by atoms with Gasteiger partial charge in [0.25, 0.3) is 11.8 Å². The normalized spacial score (nSPS) is 13.1. The Bertz CT molecular complexity index is 938. The summed E-state index contributed by atoms with van der Waals surface area (Å²) in [6.07, 6.45) is -2.03. The Morgan fingerprint density at radius 2 is 1.96 bits per heavy atom. The number of halogens is 3. The molecule has 0 saturated carbocycles. The number of carbonyl (C=O) groups excluding carboxylic acids is 2. The second-order valence-electron chi connectivity index (χ2n) is 5.91. The van der Waals surface area contributed by atoms with Crippen LogP contribution < -0.4 is 16.4 Å². The Hall–Kier alpha value is -2.46. The number of anilines is 1. The van der Waals surface area contributed by atoms with Crippen LogP contribution in [-0.2, 0) is 19.0 Å². The number of nitrogens with two attached hydrogens (primary N) is 1. The van der Waals surface area contributed by atoms with E-state index < -0.39 is 23.6 Å². The zero-order chi connectivity index (χ0) is 19.8. The third-order valence-corrected chi connectivity index (χ3v) is 5.49. The van der Waals surface area contributed by atoms with Gasteiger partial charge >= 0.3 is 6.18 Å². The fraction of sp³-hybridized carbons (Fsp3) is 0.235. The van der Waals surface area contributed by atoms with E-state index in [0.717, 1.165) is 47.9 Å². The molecular weight excluding hydrogens is 399 g/mol. The summed E-state index contributed by atoms with van der Waals surface area (Å²) in [6, 6.07) is 4.01. The molecule has 10 heteroatoms. The maximum absolute atomic E-state index is 12.8. The third-order valence-electron chi connectivity index (χ3n) is 4.07. The van der Waals surface area contributed by atoms with E-state index in [1.165, 1.54) is 17.4 Å². The number of aryl methyl sites for hydroxylation is 1. The molecule has 0 atom stereocenters. The second kappa shape index (κ2) is 7.28. The fourth-order valence-electron chi connectivity index (χ4n) is 2.90. The molecule has 1 aromatic carbocycles. The monoisotopic (exact) mass is 413 g/mol. The number of alkyl halides is 3. The lowest BCUT2D eigenvalue weighted by molar-refractivity contribution is -0.137. The van der Waals surface area contributed by atoms with Crippen molar-refractivity contribution in [2.75, 3.05) is 5.32 Å². The lowest BCUT2D eigenvalue weighted by atomic mass is 10.1. The number of hydrogen-bond acceptors (Lipinski definition) is 4. The van der Waals surface area contributed by atoms with Crippen molar-refractivity contribution >= 4 is 45.5 Å². The average Bonchev–Trinajstić information content (AvgIpc) is 3.14. The average molecular weight is 413 g/mol. The lowest BCUT2D eigenvalue weighted by Gasteiger charge is -2.11. The number of rotatable bonds is 3. The number of benzene rings is 1. The summed E-state index contributed by atoms with van der Waals surface area (Å²) in [4.78, 5) is 25.0. The van der Waals surface area contributed by atoms with Gasteiger partial charge in [-0.25, -0.2) is 0 Å². The summed E-state index contributed by atoms with van der Waals surface area (Å²) >= 11 is 6.40. The van der Waals surface area contributed by atoms with Crippen LogP contribution in [0.2, 0.25) is 0 Å². The Labute approximate surface area is 161 Å². The molecule has 2 aromatic rings. The first-order chi connectivity index (χ1) is 12.7. The quantitative estimate of drug-likeness (QED) is 0.673. The van der Waals surface area contributed by atoms with Gasteiger partial charge in [0, 0.05) is 10.4 Å². The van der Waals surface area contributed by atoms with Gasteiger partial charge in [0.05, 0.1) is 11.1 Å². The molecule has 3 rings (SSSR count). The van der Waals surface area contributed by atoms with Gasteiger partial charge in [-0.05, 0) is 55.2 Å². The molecule has 0 aliphatic heterocycles. The van der Waals surface area contributed by atoms with E-state index in [1.807, 2.05) is 0 Å². The standard InChI is InChI=1S/C17H14F3N3O2S2/c18-17(19,20)9-4-1-3-8(7-9)14(25)22-16(26)23-15-12(13(21)24)10-5-2-6-11(10)27-15/h1,3-4,7H,2,5-6H2,(H2,21,24)(H2,22,23,25,26). The molecule has 27 heavy (non-hydrogen) atoms. The minimum absolute atomic E-state index is 0.125. The van der Waals surface area contributed by atoms with Crippen LogP contribution >= 0.6 is 23.6 Å². The molecule has 0 bridgehead atoms. The Morgan fingerprint density at radius 3 is 2.63 bits per heavy atom. The van der Waals surface area contributed by atoms with Crippen LogP contribution in [0.1, 0.15) is 43.1 Å². The molecule has 0 spiro atoms. The molecule has 142 valence electrons. The Kier molecular flexibility index (Phi) is 5.20. The number of thiocarbonyl (C=S) groups is 1. The summed E-state index contributed by atoms with van der Waals surface area (Å²) in [5.41, 5.74) is 5.58. The van der Waals surface area contributed by atoms with E-state index >= 15 is 0 Å². The highest BCUT2D eigenvalue weighted by atomic mass is 32.1. The first kappa shape index (κ1) is 19.3. The third kappa shape index (κ3) is 4.11. The van der Waals surface area contributed by atoms with Gasteiger partial charge in [-0.3, -0.25) is 14.9 Å². The molecule has 0 unspecified atom stereocenters. The molecule has 0 fully saturated rings. The van der Waals surface area contributed by atoms with Gasteiger partial charge in [-0.2, -0.15) is 13.2 Å².